The molecule has 124 valence electrons. The second-order valence-corrected chi connectivity index (χ2v) is 4.84. The Labute approximate surface area is 119 Å². The first-order valence-electron chi connectivity index (χ1n) is 6.25. The first-order chi connectivity index (χ1) is 9.76. The van der Waals surface area contributed by atoms with Crippen LogP contribution in [0.4, 0.5) is 0 Å². The number of carbonyl (C=O) groups is 1. The Balaban J connectivity index is 2.74. The maximum atomic E-state index is 11.9. The van der Waals surface area contributed by atoms with Gasteiger partial charge in [0.1, 0.15) is 48.8 Å². The first kappa shape index (κ1) is 18.4. The zero-order chi connectivity index (χ0) is 16.3. The molecule has 0 aliphatic carbocycles. The van der Waals surface area contributed by atoms with Crippen LogP contribution in [0.5, 0.6) is 0 Å². The minimum Gasteiger partial charge on any atom is -0.394 e. The van der Waals surface area contributed by atoms with E-state index >= 15 is 0 Å². The molecule has 8 N–H and O–H groups in total. The number of aliphatic hydroxyl groups is 8. The highest BCUT2D eigenvalue weighted by Crippen LogP contribution is 2.23. The monoisotopic (exact) mass is 312 g/mol. The highest BCUT2D eigenvalue weighted by molar-refractivity contribution is 5.88. The number of ketones is 1. The van der Waals surface area contributed by atoms with Crippen LogP contribution in [0.3, 0.4) is 0 Å². The van der Waals surface area contributed by atoms with Gasteiger partial charge in [0, 0.05) is 0 Å². The van der Waals surface area contributed by atoms with Crippen molar-refractivity contribution in [3.05, 3.63) is 0 Å². The van der Waals surface area contributed by atoms with Gasteiger partial charge in [-0.3, -0.25) is 4.79 Å². The normalized spacial score (nSPS) is 35.2. The molecule has 1 unspecified atom stereocenters. The van der Waals surface area contributed by atoms with Gasteiger partial charge in [0.15, 0.2) is 5.78 Å². The summed E-state index contributed by atoms with van der Waals surface area (Å²) in [7, 11) is 0. The number of carbonyl (C=O) groups excluding carboxylic acids is 1. The Bertz CT molecular complexity index is 350. The van der Waals surface area contributed by atoms with Crippen molar-refractivity contribution in [2.75, 3.05) is 13.2 Å². The van der Waals surface area contributed by atoms with Crippen LogP contribution >= 0.6 is 0 Å². The van der Waals surface area contributed by atoms with Crippen LogP contribution in [0, 0.1) is 0 Å². The van der Waals surface area contributed by atoms with Gasteiger partial charge >= 0.3 is 0 Å². The molecule has 21 heavy (non-hydrogen) atoms. The summed E-state index contributed by atoms with van der Waals surface area (Å²) in [5.74, 6) is -1.24. The topological polar surface area (TPSA) is 188 Å². The van der Waals surface area contributed by atoms with E-state index in [-0.39, 0.29) is 0 Å². The zero-order valence-electron chi connectivity index (χ0n) is 10.9. The molecule has 1 rings (SSSR count). The Morgan fingerprint density at radius 1 is 1.00 bits per heavy atom. The van der Waals surface area contributed by atoms with Gasteiger partial charge in [0.25, 0.3) is 0 Å². The Kier molecular flexibility index (Phi) is 6.59. The number of rotatable bonds is 7. The van der Waals surface area contributed by atoms with Crippen LogP contribution in [0.25, 0.3) is 0 Å². The largest absolute Gasteiger partial charge is 0.394 e. The summed E-state index contributed by atoms with van der Waals surface area (Å²) >= 11 is 0. The maximum absolute atomic E-state index is 11.9. The van der Waals surface area contributed by atoms with E-state index in [1.54, 1.807) is 0 Å². The number of hydrogen-bond donors (Lipinski definition) is 8. The summed E-state index contributed by atoms with van der Waals surface area (Å²) in [6.45, 7) is -1.58. The lowest BCUT2D eigenvalue weighted by Gasteiger charge is -2.26. The molecule has 1 saturated heterocycles. The summed E-state index contributed by atoms with van der Waals surface area (Å²) < 4.78 is 4.87. The number of ether oxygens (including phenoxy) is 1. The molecule has 1 heterocycles. The van der Waals surface area contributed by atoms with Crippen molar-refractivity contribution >= 4 is 5.78 Å². The van der Waals surface area contributed by atoms with Crippen molar-refractivity contribution in [2.24, 2.45) is 0 Å². The van der Waals surface area contributed by atoms with E-state index in [1.165, 1.54) is 0 Å². The minimum absolute atomic E-state index is 0.674. The van der Waals surface area contributed by atoms with Crippen LogP contribution < -0.4 is 0 Å². The van der Waals surface area contributed by atoms with Crippen LogP contribution in [-0.2, 0) is 9.53 Å². The van der Waals surface area contributed by atoms with E-state index < -0.39 is 67.8 Å². The van der Waals surface area contributed by atoms with Gasteiger partial charge in [0.2, 0.25) is 0 Å². The third-order valence-corrected chi connectivity index (χ3v) is 3.37. The SMILES string of the molecule is O=C(C1O[C@H](CO)[C@@H](O)[C@H]1O)[C@H](O)[C@@H](O)[C@H](O)[C@H](O)CO. The third-order valence-electron chi connectivity index (χ3n) is 3.37. The molecular weight excluding hydrogens is 292 g/mol. The van der Waals surface area contributed by atoms with Gasteiger partial charge in [0.05, 0.1) is 13.2 Å². The smallest absolute Gasteiger partial charge is 0.195 e. The van der Waals surface area contributed by atoms with Crippen LogP contribution in [-0.4, -0.2) is 109 Å². The lowest BCUT2D eigenvalue weighted by molar-refractivity contribution is -0.159. The second kappa shape index (κ2) is 7.54. The van der Waals surface area contributed by atoms with Gasteiger partial charge in [-0.05, 0) is 0 Å². The standard InChI is InChI=1S/C11H20O10/c12-1-3(14)5(15)7(17)8(18)10(20)11-9(19)6(16)4(2-13)21-11/h3-9,11-19H,1-2H2/t3-,4-,5-,6-,7+,8-,9-,11?/m1/s1. The number of Topliss-reactive ketones (excluding diaryl/α,β-unsaturated/α-hetero) is 1. The van der Waals surface area contributed by atoms with Crippen LogP contribution in [0.15, 0.2) is 0 Å². The fourth-order valence-corrected chi connectivity index (χ4v) is 1.99. The molecule has 1 aliphatic rings. The molecule has 0 radical (unpaired) electrons. The van der Waals surface area contributed by atoms with Crippen molar-refractivity contribution in [1.29, 1.82) is 0 Å². The van der Waals surface area contributed by atoms with E-state index in [0.29, 0.717) is 0 Å². The number of aliphatic hydroxyl groups excluding tert-OH is 8. The van der Waals surface area contributed by atoms with Gasteiger partial charge in [-0.1, -0.05) is 0 Å². The van der Waals surface area contributed by atoms with Crippen LogP contribution in [0.2, 0.25) is 0 Å². The van der Waals surface area contributed by atoms with E-state index in [1.807, 2.05) is 0 Å². The number of hydrogen-bond acceptors (Lipinski definition) is 10. The van der Waals surface area contributed by atoms with Crippen LogP contribution in [0.1, 0.15) is 0 Å². The zero-order valence-corrected chi connectivity index (χ0v) is 10.9. The van der Waals surface area contributed by atoms with Gasteiger partial charge in [-0.2, -0.15) is 0 Å². The van der Waals surface area contributed by atoms with Crippen molar-refractivity contribution in [3.63, 3.8) is 0 Å². The molecule has 0 saturated carbocycles. The predicted molar refractivity (Wildman–Crippen MR) is 63.9 cm³/mol. The summed E-state index contributed by atoms with van der Waals surface area (Å²) in [6.07, 6.45) is -14.4. The lowest BCUT2D eigenvalue weighted by atomic mass is 9.95. The van der Waals surface area contributed by atoms with E-state index in [2.05, 4.69) is 0 Å². The molecular formula is C11H20O10. The fourth-order valence-electron chi connectivity index (χ4n) is 1.99. The quantitative estimate of drug-likeness (QED) is 0.225. The molecule has 0 spiro atoms. The van der Waals surface area contributed by atoms with Gasteiger partial charge < -0.3 is 45.6 Å². The second-order valence-electron chi connectivity index (χ2n) is 4.84. The van der Waals surface area contributed by atoms with E-state index in [9.17, 15) is 30.3 Å². The molecule has 0 aromatic heterocycles. The van der Waals surface area contributed by atoms with E-state index in [4.69, 9.17) is 20.1 Å². The Morgan fingerprint density at radius 3 is 2.00 bits per heavy atom. The summed E-state index contributed by atoms with van der Waals surface area (Å²) in [6, 6.07) is 0. The maximum Gasteiger partial charge on any atom is 0.195 e. The predicted octanol–water partition coefficient (Wildman–Crippen LogP) is -5.53. The highest BCUT2D eigenvalue weighted by Gasteiger charge is 2.49. The molecule has 1 aliphatic heterocycles. The van der Waals surface area contributed by atoms with Crippen molar-refractivity contribution < 1.29 is 50.4 Å². The summed E-state index contributed by atoms with van der Waals surface area (Å²) in [5, 5.41) is 74.3. The summed E-state index contributed by atoms with van der Waals surface area (Å²) in [4.78, 5) is 11.9. The third kappa shape index (κ3) is 3.74. The van der Waals surface area contributed by atoms with Crippen molar-refractivity contribution in [2.45, 2.75) is 48.8 Å². The van der Waals surface area contributed by atoms with Crippen molar-refractivity contribution in [1.82, 2.24) is 0 Å². The molecule has 0 aromatic carbocycles. The highest BCUT2D eigenvalue weighted by atomic mass is 16.6. The average molecular weight is 312 g/mol. The van der Waals surface area contributed by atoms with E-state index in [0.717, 1.165) is 0 Å². The molecule has 10 nitrogen and oxygen atoms in total. The van der Waals surface area contributed by atoms with Gasteiger partial charge in [-0.15, -0.1) is 0 Å². The lowest BCUT2D eigenvalue weighted by Crippen LogP contribution is -2.52. The molecule has 0 aromatic rings. The van der Waals surface area contributed by atoms with Gasteiger partial charge in [-0.25, -0.2) is 0 Å². The summed E-state index contributed by atoms with van der Waals surface area (Å²) in [5.41, 5.74) is 0. The molecule has 0 bridgehead atoms. The molecule has 8 atom stereocenters. The first-order valence-corrected chi connectivity index (χ1v) is 6.25. The average Bonchev–Trinajstić information content (AvgIpc) is 2.78. The Hall–Kier alpha value is -0.690. The molecule has 0 amide bonds. The fraction of sp³-hybridized carbons (Fsp3) is 0.909. The molecule has 1 fully saturated rings. The Morgan fingerprint density at radius 2 is 1.57 bits per heavy atom. The minimum atomic E-state index is -2.23. The molecule has 10 heteroatoms. The van der Waals surface area contributed by atoms with Crippen molar-refractivity contribution in [3.8, 4) is 0 Å².